The Kier molecular flexibility index (Phi) is 4.52. The lowest BCUT2D eigenvalue weighted by molar-refractivity contribution is 0.193. The highest BCUT2D eigenvalue weighted by molar-refractivity contribution is 5.08. The molecule has 1 N–H and O–H groups in total. The molecule has 1 saturated carbocycles. The molecule has 0 spiro atoms. The summed E-state index contributed by atoms with van der Waals surface area (Å²) in [6, 6.07) is 0. The number of imidazole rings is 1. The van der Waals surface area contributed by atoms with Crippen LogP contribution in [0.25, 0.3) is 0 Å². The minimum atomic E-state index is 0.548. The van der Waals surface area contributed by atoms with Crippen LogP contribution in [-0.4, -0.2) is 61.9 Å². The number of likely N-dealkylation sites (tertiary alicyclic amines) is 1. The Labute approximate surface area is 161 Å². The monoisotopic (exact) mass is 369 g/mol. The van der Waals surface area contributed by atoms with Gasteiger partial charge in [0, 0.05) is 31.4 Å². The number of fused-ring (bicyclic) bond motifs is 1. The van der Waals surface area contributed by atoms with Gasteiger partial charge in [0.15, 0.2) is 5.82 Å². The van der Waals surface area contributed by atoms with Gasteiger partial charge in [-0.2, -0.15) is 0 Å². The molecule has 3 fully saturated rings. The second-order valence-corrected chi connectivity index (χ2v) is 8.55. The third kappa shape index (κ3) is 3.21. The van der Waals surface area contributed by atoms with Gasteiger partial charge in [-0.3, -0.25) is 0 Å². The molecule has 2 saturated heterocycles. The molecule has 1 aliphatic carbocycles. The van der Waals surface area contributed by atoms with Crippen molar-refractivity contribution in [1.29, 1.82) is 0 Å². The molecule has 2 aromatic rings. The van der Waals surface area contributed by atoms with Gasteiger partial charge in [0.1, 0.15) is 11.6 Å². The van der Waals surface area contributed by atoms with Crippen LogP contribution in [0.3, 0.4) is 0 Å². The molecule has 1 unspecified atom stereocenters. The molecule has 146 valence electrons. The Bertz CT molecular complexity index is 776. The maximum absolute atomic E-state index is 4.62. The molecule has 2 aliphatic heterocycles. The fourth-order valence-corrected chi connectivity index (χ4v) is 5.33. The molecular formula is C20H31N7. The Hall–Kier alpha value is -1.73. The van der Waals surface area contributed by atoms with Gasteiger partial charge >= 0.3 is 0 Å². The maximum atomic E-state index is 4.62. The fraction of sp³-hybridized carbons (Fsp3) is 0.750. The molecule has 3 atom stereocenters. The predicted octanol–water partition coefficient (Wildman–Crippen LogP) is 1.50. The molecule has 7 nitrogen and oxygen atoms in total. The average molecular weight is 370 g/mol. The van der Waals surface area contributed by atoms with Crippen LogP contribution in [0.1, 0.15) is 43.2 Å². The highest BCUT2D eigenvalue weighted by atomic mass is 15.3. The SMILES string of the molecule is CCn1c(Cn2ccnc2C)nnc1C1CCN(CC2[C@H]3CNC[C@@H]23)CC1. The number of nitrogens with one attached hydrogen (secondary N) is 1. The van der Waals surface area contributed by atoms with Crippen molar-refractivity contribution < 1.29 is 0 Å². The van der Waals surface area contributed by atoms with Crippen LogP contribution in [0, 0.1) is 24.7 Å². The van der Waals surface area contributed by atoms with Crippen molar-refractivity contribution in [2.45, 2.75) is 45.7 Å². The van der Waals surface area contributed by atoms with E-state index in [2.05, 4.69) is 41.5 Å². The summed E-state index contributed by atoms with van der Waals surface area (Å²) < 4.78 is 4.47. The number of rotatable bonds is 6. The summed E-state index contributed by atoms with van der Waals surface area (Å²) in [5, 5.41) is 12.7. The smallest absolute Gasteiger partial charge is 0.153 e. The zero-order valence-electron chi connectivity index (χ0n) is 16.5. The minimum absolute atomic E-state index is 0.548. The molecular weight excluding hydrogens is 338 g/mol. The van der Waals surface area contributed by atoms with Crippen molar-refractivity contribution >= 4 is 0 Å². The van der Waals surface area contributed by atoms with Gasteiger partial charge in [-0.05, 0) is 70.6 Å². The molecule has 5 rings (SSSR count). The van der Waals surface area contributed by atoms with Crippen LogP contribution in [0.4, 0.5) is 0 Å². The summed E-state index contributed by atoms with van der Waals surface area (Å²) >= 11 is 0. The lowest BCUT2D eigenvalue weighted by Crippen LogP contribution is -2.36. The largest absolute Gasteiger partial charge is 0.328 e. The Balaban J connectivity index is 1.21. The second-order valence-electron chi connectivity index (χ2n) is 8.55. The number of nitrogens with zero attached hydrogens (tertiary/aromatic N) is 6. The zero-order chi connectivity index (χ0) is 18.4. The van der Waals surface area contributed by atoms with Crippen molar-refractivity contribution in [3.05, 3.63) is 29.9 Å². The van der Waals surface area contributed by atoms with Crippen LogP contribution in [-0.2, 0) is 13.1 Å². The van der Waals surface area contributed by atoms with Crippen molar-refractivity contribution in [3.8, 4) is 0 Å². The fourth-order valence-electron chi connectivity index (χ4n) is 5.33. The number of piperidine rings is 2. The minimum Gasteiger partial charge on any atom is -0.328 e. The quantitative estimate of drug-likeness (QED) is 0.836. The van der Waals surface area contributed by atoms with Crippen LogP contribution < -0.4 is 5.32 Å². The standard InChI is InChI=1S/C20H31N7/c1-3-27-19(13-26-9-6-22-14(26)2)23-24-20(27)15-4-7-25(8-5-15)12-18-16-10-21-11-17(16)18/h6,9,15-18,21H,3-5,7-8,10-13H2,1-2H3/t16-,17+,18?. The summed E-state index contributed by atoms with van der Waals surface area (Å²) in [4.78, 5) is 7.02. The lowest BCUT2D eigenvalue weighted by atomic mass is 9.95. The van der Waals surface area contributed by atoms with Crippen LogP contribution in [0.5, 0.6) is 0 Å². The molecule has 3 aliphatic rings. The lowest BCUT2D eigenvalue weighted by Gasteiger charge is -2.32. The van der Waals surface area contributed by atoms with Crippen molar-refractivity contribution in [3.63, 3.8) is 0 Å². The van der Waals surface area contributed by atoms with Gasteiger partial charge in [0.2, 0.25) is 0 Å². The normalized spacial score (nSPS) is 28.6. The average Bonchev–Trinajstić information content (AvgIpc) is 3.15. The van der Waals surface area contributed by atoms with Crippen LogP contribution in [0.2, 0.25) is 0 Å². The van der Waals surface area contributed by atoms with Gasteiger partial charge in [-0.15, -0.1) is 10.2 Å². The molecule has 4 heterocycles. The first-order valence-electron chi connectivity index (χ1n) is 10.6. The van der Waals surface area contributed by atoms with Crippen LogP contribution in [0.15, 0.2) is 12.4 Å². The van der Waals surface area contributed by atoms with Gasteiger partial charge in [0.05, 0.1) is 6.54 Å². The number of hydrogen-bond donors (Lipinski definition) is 1. The van der Waals surface area contributed by atoms with Crippen molar-refractivity contribution in [2.24, 2.45) is 17.8 Å². The zero-order valence-corrected chi connectivity index (χ0v) is 16.5. The molecule has 0 bridgehead atoms. The molecule has 0 amide bonds. The van der Waals surface area contributed by atoms with Crippen LogP contribution >= 0.6 is 0 Å². The molecule has 2 aromatic heterocycles. The van der Waals surface area contributed by atoms with Gasteiger partial charge in [-0.1, -0.05) is 0 Å². The maximum Gasteiger partial charge on any atom is 0.153 e. The summed E-state index contributed by atoms with van der Waals surface area (Å²) in [5.74, 6) is 6.72. The summed E-state index contributed by atoms with van der Waals surface area (Å²) in [5.41, 5.74) is 0. The summed E-state index contributed by atoms with van der Waals surface area (Å²) in [6.07, 6.45) is 6.29. The van der Waals surface area contributed by atoms with E-state index >= 15 is 0 Å². The van der Waals surface area contributed by atoms with E-state index in [1.165, 1.54) is 51.4 Å². The van der Waals surface area contributed by atoms with Gasteiger partial charge in [0.25, 0.3) is 0 Å². The van der Waals surface area contributed by atoms with Gasteiger partial charge < -0.3 is 19.4 Å². The van der Waals surface area contributed by atoms with E-state index in [4.69, 9.17) is 0 Å². The van der Waals surface area contributed by atoms with Crippen molar-refractivity contribution in [2.75, 3.05) is 32.7 Å². The Morgan fingerprint density at radius 3 is 2.59 bits per heavy atom. The third-order valence-corrected chi connectivity index (χ3v) is 7.10. The summed E-state index contributed by atoms with van der Waals surface area (Å²) in [6.45, 7) is 12.2. The number of aryl methyl sites for hydroxylation is 1. The predicted molar refractivity (Wildman–Crippen MR) is 104 cm³/mol. The Morgan fingerprint density at radius 1 is 1.15 bits per heavy atom. The molecule has 7 heteroatoms. The third-order valence-electron chi connectivity index (χ3n) is 7.10. The second kappa shape index (κ2) is 7.02. The first-order valence-corrected chi connectivity index (χ1v) is 10.6. The topological polar surface area (TPSA) is 63.8 Å². The van der Waals surface area contributed by atoms with E-state index in [0.29, 0.717) is 5.92 Å². The van der Waals surface area contributed by atoms with Crippen molar-refractivity contribution in [1.82, 2.24) is 34.5 Å². The first kappa shape index (κ1) is 17.4. The van der Waals surface area contributed by atoms with E-state index in [1.807, 2.05) is 19.3 Å². The highest BCUT2D eigenvalue weighted by Crippen LogP contribution is 2.49. The van der Waals surface area contributed by atoms with E-state index in [-0.39, 0.29) is 0 Å². The molecule has 0 aromatic carbocycles. The van der Waals surface area contributed by atoms with E-state index in [0.717, 1.165) is 42.5 Å². The molecule has 0 radical (unpaired) electrons. The van der Waals surface area contributed by atoms with E-state index in [1.54, 1.807) is 0 Å². The van der Waals surface area contributed by atoms with E-state index in [9.17, 15) is 0 Å². The first-order chi connectivity index (χ1) is 13.2. The Morgan fingerprint density at radius 2 is 1.93 bits per heavy atom. The van der Waals surface area contributed by atoms with E-state index < -0.39 is 0 Å². The van der Waals surface area contributed by atoms with Gasteiger partial charge in [-0.25, -0.2) is 4.98 Å². The number of aromatic nitrogens is 5. The molecule has 27 heavy (non-hydrogen) atoms. The number of hydrogen-bond acceptors (Lipinski definition) is 5. The summed E-state index contributed by atoms with van der Waals surface area (Å²) in [7, 11) is 0. The highest BCUT2D eigenvalue weighted by Gasteiger charge is 2.52.